The molecule has 0 aromatic rings. The number of likely N-dealkylation sites (tertiary alicyclic amines) is 1. The van der Waals surface area contributed by atoms with E-state index in [9.17, 15) is 4.79 Å². The van der Waals surface area contributed by atoms with Gasteiger partial charge in [0.15, 0.2) is 0 Å². The number of rotatable bonds is 2. The molecule has 86 valence electrons. The van der Waals surface area contributed by atoms with Crippen LogP contribution in [0, 0.1) is 0 Å². The maximum absolute atomic E-state index is 11.3. The second kappa shape index (κ2) is 4.65. The highest BCUT2D eigenvalue weighted by atomic mass is 16.1. The SMILES string of the molecule is CC1(C=O)CCCCN1C1CCCCC1. The zero-order valence-electron chi connectivity index (χ0n) is 9.87. The fraction of sp³-hybridized carbons (Fsp3) is 0.923. The van der Waals surface area contributed by atoms with E-state index in [4.69, 9.17) is 0 Å². The van der Waals surface area contributed by atoms with Gasteiger partial charge in [-0.25, -0.2) is 0 Å². The van der Waals surface area contributed by atoms with Crippen LogP contribution < -0.4 is 0 Å². The van der Waals surface area contributed by atoms with Gasteiger partial charge in [0.25, 0.3) is 0 Å². The number of hydrogen-bond donors (Lipinski definition) is 0. The van der Waals surface area contributed by atoms with Gasteiger partial charge in [-0.3, -0.25) is 4.90 Å². The first kappa shape index (κ1) is 11.1. The summed E-state index contributed by atoms with van der Waals surface area (Å²) >= 11 is 0. The Morgan fingerprint density at radius 2 is 1.87 bits per heavy atom. The van der Waals surface area contributed by atoms with E-state index in [-0.39, 0.29) is 5.54 Å². The summed E-state index contributed by atoms with van der Waals surface area (Å²) in [6.07, 6.45) is 11.5. The lowest BCUT2D eigenvalue weighted by Crippen LogP contribution is -2.55. The molecule has 2 nitrogen and oxygen atoms in total. The molecular weight excluding hydrogens is 186 g/mol. The molecule has 0 radical (unpaired) electrons. The Hall–Kier alpha value is -0.370. The Morgan fingerprint density at radius 3 is 2.53 bits per heavy atom. The number of hydrogen-bond acceptors (Lipinski definition) is 2. The third-order valence-electron chi connectivity index (χ3n) is 4.26. The van der Waals surface area contributed by atoms with Crippen molar-refractivity contribution in [3.05, 3.63) is 0 Å². The van der Waals surface area contributed by atoms with Crippen molar-refractivity contribution >= 4 is 6.29 Å². The lowest BCUT2D eigenvalue weighted by molar-refractivity contribution is -0.122. The van der Waals surface area contributed by atoms with Crippen LogP contribution in [0.4, 0.5) is 0 Å². The van der Waals surface area contributed by atoms with Crippen molar-refractivity contribution in [2.24, 2.45) is 0 Å². The molecule has 2 aliphatic rings. The normalized spacial score (nSPS) is 35.3. The van der Waals surface area contributed by atoms with Gasteiger partial charge in [-0.15, -0.1) is 0 Å². The van der Waals surface area contributed by atoms with Crippen LogP contribution in [-0.2, 0) is 4.79 Å². The van der Waals surface area contributed by atoms with Gasteiger partial charge in [0.05, 0.1) is 5.54 Å². The first-order chi connectivity index (χ1) is 7.26. The van der Waals surface area contributed by atoms with Crippen molar-refractivity contribution in [3.8, 4) is 0 Å². The zero-order chi connectivity index (χ0) is 10.7. The van der Waals surface area contributed by atoms with Gasteiger partial charge in [-0.05, 0) is 45.6 Å². The van der Waals surface area contributed by atoms with E-state index in [0.717, 1.165) is 13.0 Å². The number of nitrogens with zero attached hydrogens (tertiary/aromatic N) is 1. The van der Waals surface area contributed by atoms with Gasteiger partial charge >= 0.3 is 0 Å². The van der Waals surface area contributed by atoms with Crippen LogP contribution in [0.25, 0.3) is 0 Å². The molecule has 2 fully saturated rings. The average Bonchev–Trinajstić information content (AvgIpc) is 2.31. The molecule has 0 bridgehead atoms. The second-order valence-electron chi connectivity index (χ2n) is 5.42. The molecule has 1 aliphatic carbocycles. The molecule has 2 heteroatoms. The van der Waals surface area contributed by atoms with E-state index >= 15 is 0 Å². The molecule has 1 aliphatic heterocycles. The predicted octanol–water partition coefficient (Wildman–Crippen LogP) is 2.76. The highest BCUT2D eigenvalue weighted by molar-refractivity contribution is 5.63. The van der Waals surface area contributed by atoms with Crippen LogP contribution in [0.5, 0.6) is 0 Å². The lowest BCUT2D eigenvalue weighted by Gasteiger charge is -2.47. The number of piperidine rings is 1. The molecule has 1 heterocycles. The third-order valence-corrected chi connectivity index (χ3v) is 4.26. The number of aldehydes is 1. The van der Waals surface area contributed by atoms with Crippen LogP contribution in [-0.4, -0.2) is 29.3 Å². The maximum Gasteiger partial charge on any atom is 0.139 e. The van der Waals surface area contributed by atoms with Crippen LogP contribution >= 0.6 is 0 Å². The zero-order valence-corrected chi connectivity index (χ0v) is 9.87. The van der Waals surface area contributed by atoms with E-state index in [1.165, 1.54) is 51.2 Å². The minimum absolute atomic E-state index is 0.153. The first-order valence-corrected chi connectivity index (χ1v) is 6.49. The van der Waals surface area contributed by atoms with Crippen molar-refractivity contribution < 1.29 is 4.79 Å². The molecule has 1 saturated carbocycles. The van der Waals surface area contributed by atoms with Gasteiger partial charge in [0, 0.05) is 6.04 Å². The van der Waals surface area contributed by atoms with E-state index in [0.29, 0.717) is 6.04 Å². The molecule has 1 saturated heterocycles. The van der Waals surface area contributed by atoms with Crippen LogP contribution in [0.3, 0.4) is 0 Å². The fourth-order valence-corrected chi connectivity index (χ4v) is 3.28. The van der Waals surface area contributed by atoms with E-state index in [2.05, 4.69) is 11.8 Å². The standard InChI is InChI=1S/C13H23NO/c1-13(11-15)9-5-6-10-14(13)12-7-3-2-4-8-12/h11-12H,2-10H2,1H3. The second-order valence-corrected chi connectivity index (χ2v) is 5.42. The highest BCUT2D eigenvalue weighted by Crippen LogP contribution is 2.33. The minimum atomic E-state index is -0.153. The van der Waals surface area contributed by atoms with Gasteiger partial charge < -0.3 is 4.79 Å². The van der Waals surface area contributed by atoms with Crippen molar-refractivity contribution in [2.75, 3.05) is 6.54 Å². The quantitative estimate of drug-likeness (QED) is 0.652. The van der Waals surface area contributed by atoms with Crippen molar-refractivity contribution in [1.82, 2.24) is 4.90 Å². The molecular formula is C13H23NO. The summed E-state index contributed by atoms with van der Waals surface area (Å²) in [4.78, 5) is 13.8. The maximum atomic E-state index is 11.3. The summed E-state index contributed by atoms with van der Waals surface area (Å²) in [5.41, 5.74) is -0.153. The molecule has 0 amide bonds. The molecule has 15 heavy (non-hydrogen) atoms. The van der Waals surface area contributed by atoms with Crippen LogP contribution in [0.2, 0.25) is 0 Å². The molecule has 1 unspecified atom stereocenters. The highest BCUT2D eigenvalue weighted by Gasteiger charge is 2.38. The van der Waals surface area contributed by atoms with E-state index in [1.807, 2.05) is 0 Å². The van der Waals surface area contributed by atoms with Crippen molar-refractivity contribution in [3.63, 3.8) is 0 Å². The Balaban J connectivity index is 2.06. The van der Waals surface area contributed by atoms with E-state index in [1.54, 1.807) is 0 Å². The first-order valence-electron chi connectivity index (χ1n) is 6.49. The van der Waals surface area contributed by atoms with Crippen molar-refractivity contribution in [2.45, 2.75) is 69.9 Å². The molecule has 0 spiro atoms. The molecule has 0 aromatic carbocycles. The predicted molar refractivity (Wildman–Crippen MR) is 61.9 cm³/mol. The summed E-state index contributed by atoms with van der Waals surface area (Å²) in [6, 6.07) is 0.689. The lowest BCUT2D eigenvalue weighted by atomic mass is 9.84. The number of carbonyl (C=O) groups is 1. The summed E-state index contributed by atoms with van der Waals surface area (Å²) in [5.74, 6) is 0. The molecule has 1 atom stereocenters. The Bertz CT molecular complexity index is 223. The summed E-state index contributed by atoms with van der Waals surface area (Å²) in [6.45, 7) is 3.27. The Labute approximate surface area is 93.0 Å². The monoisotopic (exact) mass is 209 g/mol. The number of carbonyl (C=O) groups excluding carboxylic acids is 1. The molecule has 0 aromatic heterocycles. The smallest absolute Gasteiger partial charge is 0.139 e. The van der Waals surface area contributed by atoms with Crippen LogP contribution in [0.1, 0.15) is 58.3 Å². The van der Waals surface area contributed by atoms with Crippen molar-refractivity contribution in [1.29, 1.82) is 0 Å². The summed E-state index contributed by atoms with van der Waals surface area (Å²) < 4.78 is 0. The molecule has 2 rings (SSSR count). The van der Waals surface area contributed by atoms with E-state index < -0.39 is 0 Å². The summed E-state index contributed by atoms with van der Waals surface area (Å²) in [7, 11) is 0. The topological polar surface area (TPSA) is 20.3 Å². The van der Waals surface area contributed by atoms with Crippen LogP contribution in [0.15, 0.2) is 0 Å². The van der Waals surface area contributed by atoms with Gasteiger partial charge in [-0.1, -0.05) is 19.3 Å². The third kappa shape index (κ3) is 2.25. The molecule has 0 N–H and O–H groups in total. The minimum Gasteiger partial charge on any atom is -0.301 e. The van der Waals surface area contributed by atoms with Gasteiger partial charge in [0.2, 0.25) is 0 Å². The summed E-state index contributed by atoms with van der Waals surface area (Å²) in [5, 5.41) is 0. The Kier molecular flexibility index (Phi) is 3.45. The van der Waals surface area contributed by atoms with Gasteiger partial charge in [-0.2, -0.15) is 0 Å². The largest absolute Gasteiger partial charge is 0.301 e. The Morgan fingerprint density at radius 1 is 1.13 bits per heavy atom. The average molecular weight is 209 g/mol. The van der Waals surface area contributed by atoms with Gasteiger partial charge in [0.1, 0.15) is 6.29 Å². The fourth-order valence-electron chi connectivity index (χ4n) is 3.28.